The van der Waals surface area contributed by atoms with Crippen LogP contribution < -0.4 is 0 Å². The van der Waals surface area contributed by atoms with Gasteiger partial charge in [0.05, 0.1) is 15.5 Å². The van der Waals surface area contributed by atoms with Crippen LogP contribution in [0.5, 0.6) is 0 Å². The lowest BCUT2D eigenvalue weighted by atomic mass is 10.2. The van der Waals surface area contributed by atoms with E-state index in [1.165, 1.54) is 24.3 Å². The first-order valence-electron chi connectivity index (χ1n) is 7.03. The van der Waals surface area contributed by atoms with Gasteiger partial charge in [-0.05, 0) is 24.3 Å². The van der Waals surface area contributed by atoms with Gasteiger partial charge in [0.15, 0.2) is 6.61 Å². The number of ether oxygens (including phenoxy) is 1. The highest BCUT2D eigenvalue weighted by Crippen LogP contribution is 2.22. The summed E-state index contributed by atoms with van der Waals surface area (Å²) in [5, 5.41) is 18.5. The van der Waals surface area contributed by atoms with Gasteiger partial charge in [-0.1, -0.05) is 23.7 Å². The molecule has 0 aliphatic rings. The number of hydrogen-bond acceptors (Lipinski definition) is 7. The van der Waals surface area contributed by atoms with Gasteiger partial charge in [-0.25, -0.2) is 4.79 Å². The van der Waals surface area contributed by atoms with Gasteiger partial charge < -0.3 is 9.15 Å². The number of nitro groups is 1. The van der Waals surface area contributed by atoms with Crippen LogP contribution in [0.2, 0.25) is 5.02 Å². The fraction of sp³-hybridized carbons (Fsp3) is 0.0625. The molecule has 0 unspecified atom stereocenters. The summed E-state index contributed by atoms with van der Waals surface area (Å²) < 4.78 is 10.5. The van der Waals surface area contributed by atoms with E-state index in [1.54, 1.807) is 24.3 Å². The highest BCUT2D eigenvalue weighted by molar-refractivity contribution is 6.33. The highest BCUT2D eigenvalue weighted by Gasteiger charge is 2.15. The van der Waals surface area contributed by atoms with Crippen molar-refractivity contribution >= 4 is 23.3 Å². The fourth-order valence-corrected chi connectivity index (χ4v) is 2.20. The Morgan fingerprint density at radius 3 is 2.56 bits per heavy atom. The molecule has 0 fully saturated rings. The zero-order chi connectivity index (χ0) is 17.8. The van der Waals surface area contributed by atoms with Crippen LogP contribution in [0.3, 0.4) is 0 Å². The smallest absolute Gasteiger partial charge is 0.340 e. The van der Waals surface area contributed by atoms with Crippen molar-refractivity contribution in [1.29, 1.82) is 0 Å². The zero-order valence-corrected chi connectivity index (χ0v) is 13.3. The van der Waals surface area contributed by atoms with Gasteiger partial charge >= 0.3 is 5.97 Å². The van der Waals surface area contributed by atoms with Crippen molar-refractivity contribution in [3.63, 3.8) is 0 Å². The fourth-order valence-electron chi connectivity index (χ4n) is 1.99. The SMILES string of the molecule is O=C(OCc1nnc(-c2ccc([N+](=O)[O-])cc2)o1)c1ccccc1Cl. The molecule has 2 aromatic carbocycles. The number of halogens is 1. The van der Waals surface area contributed by atoms with E-state index in [-0.39, 0.29) is 34.7 Å². The van der Waals surface area contributed by atoms with Crippen LogP contribution in [0, 0.1) is 10.1 Å². The number of esters is 1. The topological polar surface area (TPSA) is 108 Å². The van der Waals surface area contributed by atoms with Gasteiger partial charge in [-0.15, -0.1) is 10.2 Å². The number of hydrogen-bond donors (Lipinski definition) is 0. The number of carbonyl (C=O) groups excluding carboxylic acids is 1. The third kappa shape index (κ3) is 3.81. The molecule has 8 nitrogen and oxygen atoms in total. The zero-order valence-electron chi connectivity index (χ0n) is 12.6. The molecule has 9 heteroatoms. The van der Waals surface area contributed by atoms with Gasteiger partial charge in [-0.2, -0.15) is 0 Å². The average Bonchev–Trinajstić information content (AvgIpc) is 3.09. The van der Waals surface area contributed by atoms with Gasteiger partial charge in [-0.3, -0.25) is 10.1 Å². The minimum atomic E-state index is -0.610. The Bertz CT molecular complexity index is 924. The van der Waals surface area contributed by atoms with Gasteiger partial charge in [0.2, 0.25) is 5.89 Å². The minimum absolute atomic E-state index is 0.0443. The van der Waals surface area contributed by atoms with Crippen LogP contribution in [0.25, 0.3) is 11.5 Å². The van der Waals surface area contributed by atoms with Crippen LogP contribution >= 0.6 is 11.6 Å². The van der Waals surface area contributed by atoms with Crippen molar-refractivity contribution in [3.05, 3.63) is 75.1 Å². The Kier molecular flexibility index (Phi) is 4.71. The summed E-state index contributed by atoms with van der Waals surface area (Å²) in [6.45, 7) is -0.218. The van der Waals surface area contributed by atoms with Crippen molar-refractivity contribution < 1.29 is 18.9 Å². The lowest BCUT2D eigenvalue weighted by molar-refractivity contribution is -0.384. The van der Waals surface area contributed by atoms with Gasteiger partial charge in [0.1, 0.15) is 0 Å². The average molecular weight is 360 g/mol. The van der Waals surface area contributed by atoms with Crippen molar-refractivity contribution in [2.45, 2.75) is 6.61 Å². The summed E-state index contributed by atoms with van der Waals surface area (Å²) in [6, 6.07) is 12.1. The van der Waals surface area contributed by atoms with E-state index < -0.39 is 10.9 Å². The number of aromatic nitrogens is 2. The van der Waals surface area contributed by atoms with Crippen molar-refractivity contribution in [3.8, 4) is 11.5 Å². The largest absolute Gasteiger partial charge is 0.452 e. The van der Waals surface area contributed by atoms with Gasteiger partial charge in [0, 0.05) is 17.7 Å². The van der Waals surface area contributed by atoms with E-state index in [0.29, 0.717) is 5.56 Å². The molecular weight excluding hydrogens is 350 g/mol. The molecule has 1 aromatic heterocycles. The maximum Gasteiger partial charge on any atom is 0.340 e. The van der Waals surface area contributed by atoms with Gasteiger partial charge in [0.25, 0.3) is 11.6 Å². The Hall–Kier alpha value is -3.26. The second-order valence-electron chi connectivity index (χ2n) is 4.86. The molecule has 0 amide bonds. The Balaban J connectivity index is 1.67. The normalized spacial score (nSPS) is 10.4. The van der Waals surface area contributed by atoms with Crippen LogP contribution in [0.15, 0.2) is 52.9 Å². The second kappa shape index (κ2) is 7.10. The summed E-state index contributed by atoms with van der Waals surface area (Å²) in [7, 11) is 0. The van der Waals surface area contributed by atoms with E-state index in [1.807, 2.05) is 0 Å². The Morgan fingerprint density at radius 1 is 1.16 bits per heavy atom. The first-order valence-corrected chi connectivity index (χ1v) is 7.41. The molecule has 0 aliphatic carbocycles. The second-order valence-corrected chi connectivity index (χ2v) is 5.27. The van der Waals surface area contributed by atoms with Crippen LogP contribution in [-0.2, 0) is 11.3 Å². The van der Waals surface area contributed by atoms with E-state index in [2.05, 4.69) is 10.2 Å². The molecule has 3 aromatic rings. The Morgan fingerprint density at radius 2 is 1.88 bits per heavy atom. The molecule has 0 saturated heterocycles. The molecule has 0 spiro atoms. The van der Waals surface area contributed by atoms with Crippen molar-refractivity contribution in [2.75, 3.05) is 0 Å². The highest BCUT2D eigenvalue weighted by atomic mass is 35.5. The maximum atomic E-state index is 12.0. The number of non-ortho nitro benzene ring substituents is 1. The third-order valence-corrected chi connectivity index (χ3v) is 3.54. The molecule has 0 bridgehead atoms. The van der Waals surface area contributed by atoms with Crippen LogP contribution in [-0.4, -0.2) is 21.1 Å². The van der Waals surface area contributed by atoms with E-state index in [0.717, 1.165) is 0 Å². The quantitative estimate of drug-likeness (QED) is 0.388. The molecule has 25 heavy (non-hydrogen) atoms. The maximum absolute atomic E-state index is 12.0. The first kappa shape index (κ1) is 16.6. The minimum Gasteiger partial charge on any atom is -0.452 e. The number of nitro benzene ring substituents is 1. The van der Waals surface area contributed by atoms with Crippen LogP contribution in [0.4, 0.5) is 5.69 Å². The Labute approximate surface area is 146 Å². The molecule has 0 saturated carbocycles. The summed E-state index contributed by atoms with van der Waals surface area (Å²) >= 11 is 5.92. The third-order valence-electron chi connectivity index (χ3n) is 3.21. The predicted octanol–water partition coefficient (Wildman–Crippen LogP) is 3.66. The first-order chi connectivity index (χ1) is 12.0. The summed E-state index contributed by atoms with van der Waals surface area (Å²) in [5.41, 5.74) is 0.707. The lowest BCUT2D eigenvalue weighted by Gasteiger charge is -2.03. The van der Waals surface area contributed by atoms with Crippen molar-refractivity contribution in [2.24, 2.45) is 0 Å². The summed E-state index contributed by atoms with van der Waals surface area (Å²) in [6.07, 6.45) is 0. The molecule has 0 atom stereocenters. The molecule has 0 radical (unpaired) electrons. The molecule has 126 valence electrons. The summed E-state index contributed by atoms with van der Waals surface area (Å²) in [4.78, 5) is 22.1. The molecule has 0 N–H and O–H groups in total. The van der Waals surface area contributed by atoms with E-state index in [9.17, 15) is 14.9 Å². The number of nitrogens with zero attached hydrogens (tertiary/aromatic N) is 3. The predicted molar refractivity (Wildman–Crippen MR) is 87.0 cm³/mol. The molecule has 3 rings (SSSR count). The monoisotopic (exact) mass is 359 g/mol. The molecule has 0 aliphatic heterocycles. The molecular formula is C16H10ClN3O5. The number of benzene rings is 2. The standard InChI is InChI=1S/C16H10ClN3O5/c17-13-4-2-1-3-12(13)16(21)24-9-14-18-19-15(25-14)10-5-7-11(8-6-10)20(22)23/h1-8H,9H2. The lowest BCUT2D eigenvalue weighted by Crippen LogP contribution is -2.06. The number of rotatable bonds is 5. The van der Waals surface area contributed by atoms with E-state index >= 15 is 0 Å². The summed E-state index contributed by atoms with van der Waals surface area (Å²) in [5.74, 6) is -0.354. The molecule has 1 heterocycles. The van der Waals surface area contributed by atoms with Crippen molar-refractivity contribution in [1.82, 2.24) is 10.2 Å². The number of carbonyl (C=O) groups is 1. The van der Waals surface area contributed by atoms with E-state index in [4.69, 9.17) is 20.8 Å². The van der Waals surface area contributed by atoms with Crippen LogP contribution in [0.1, 0.15) is 16.2 Å².